The van der Waals surface area contributed by atoms with Crippen LogP contribution in [0.4, 0.5) is 0 Å². The van der Waals surface area contributed by atoms with Crippen molar-refractivity contribution in [3.05, 3.63) is 46.7 Å². The third kappa shape index (κ3) is 2.64. The average Bonchev–Trinajstić information content (AvgIpc) is 2.89. The van der Waals surface area contributed by atoms with Crippen LogP contribution in [0.1, 0.15) is 24.2 Å². The van der Waals surface area contributed by atoms with Gasteiger partial charge >= 0.3 is 0 Å². The van der Waals surface area contributed by atoms with Crippen molar-refractivity contribution in [3.63, 3.8) is 0 Å². The molecule has 1 aromatic carbocycles. The van der Waals surface area contributed by atoms with Crippen LogP contribution in [0.5, 0.6) is 5.75 Å². The number of aromatic nitrogens is 2. The highest BCUT2D eigenvalue weighted by molar-refractivity contribution is 6.31. The van der Waals surface area contributed by atoms with Gasteiger partial charge in [0.05, 0.1) is 29.6 Å². The summed E-state index contributed by atoms with van der Waals surface area (Å²) in [6.45, 7) is 3.40. The third-order valence-electron chi connectivity index (χ3n) is 3.99. The van der Waals surface area contributed by atoms with Gasteiger partial charge in [0.1, 0.15) is 5.75 Å². The number of benzene rings is 1. The Bertz CT molecular complexity index is 628. The van der Waals surface area contributed by atoms with Crippen molar-refractivity contribution in [1.82, 2.24) is 15.2 Å². The highest BCUT2D eigenvalue weighted by Gasteiger charge is 2.31. The van der Waals surface area contributed by atoms with Crippen LogP contribution in [0.2, 0.25) is 5.02 Å². The molecule has 1 aliphatic rings. The number of ether oxygens (including phenoxy) is 1. The molecular weight excluding hydrogens is 288 g/mol. The Kier molecular flexibility index (Phi) is 4.14. The molecule has 2 atom stereocenters. The van der Waals surface area contributed by atoms with E-state index >= 15 is 0 Å². The predicted molar refractivity (Wildman–Crippen MR) is 82.1 cm³/mol. The highest BCUT2D eigenvalue weighted by atomic mass is 35.5. The molecule has 2 unspecified atom stereocenters. The van der Waals surface area contributed by atoms with Gasteiger partial charge < -0.3 is 4.74 Å². The minimum absolute atomic E-state index is 0.0895. The monoisotopic (exact) mass is 306 g/mol. The molecule has 0 fully saturated rings. The number of nitrogens with two attached hydrogens (primary N) is 1. The quantitative estimate of drug-likeness (QED) is 0.672. The average molecular weight is 307 g/mol. The standard InChI is InChI=1S/C15H19ClN4O/c1-2-20-15(12(16)8-18-20)14(19-17)11-7-10-5-3-4-6-13(10)21-9-11/h3-6,8,11,14,19H,2,7,9,17H2,1H3. The molecule has 2 heterocycles. The molecule has 0 bridgehead atoms. The number of para-hydroxylation sites is 1. The van der Waals surface area contributed by atoms with Gasteiger partial charge in [0.15, 0.2) is 0 Å². The summed E-state index contributed by atoms with van der Waals surface area (Å²) in [5.41, 5.74) is 5.02. The first-order chi connectivity index (χ1) is 10.2. The largest absolute Gasteiger partial charge is 0.493 e. The Labute approximate surface area is 129 Å². The van der Waals surface area contributed by atoms with Crippen molar-refractivity contribution in [3.8, 4) is 5.75 Å². The van der Waals surface area contributed by atoms with Crippen LogP contribution in [0.25, 0.3) is 0 Å². The Morgan fingerprint density at radius 1 is 1.52 bits per heavy atom. The molecule has 0 saturated heterocycles. The molecule has 1 aromatic heterocycles. The van der Waals surface area contributed by atoms with Crippen LogP contribution in [-0.2, 0) is 13.0 Å². The van der Waals surface area contributed by atoms with E-state index in [1.165, 1.54) is 5.56 Å². The van der Waals surface area contributed by atoms with Crippen molar-refractivity contribution in [2.24, 2.45) is 11.8 Å². The molecule has 0 aliphatic carbocycles. The lowest BCUT2D eigenvalue weighted by atomic mass is 9.89. The molecule has 3 N–H and O–H groups in total. The summed E-state index contributed by atoms with van der Waals surface area (Å²) in [5, 5.41) is 4.93. The number of hydrogen-bond acceptors (Lipinski definition) is 4. The van der Waals surface area contributed by atoms with Gasteiger partial charge in [-0.3, -0.25) is 16.0 Å². The van der Waals surface area contributed by atoms with Gasteiger partial charge in [0, 0.05) is 12.5 Å². The molecule has 6 heteroatoms. The van der Waals surface area contributed by atoms with Gasteiger partial charge in [0.25, 0.3) is 0 Å². The summed E-state index contributed by atoms with van der Waals surface area (Å²) >= 11 is 6.30. The zero-order valence-electron chi connectivity index (χ0n) is 11.9. The van der Waals surface area contributed by atoms with E-state index in [1.807, 2.05) is 29.8 Å². The summed E-state index contributed by atoms with van der Waals surface area (Å²) in [6, 6.07) is 8.01. The fourth-order valence-electron chi connectivity index (χ4n) is 2.94. The molecule has 112 valence electrons. The van der Waals surface area contributed by atoms with Crippen molar-refractivity contribution in [2.45, 2.75) is 25.9 Å². The lowest BCUT2D eigenvalue weighted by Crippen LogP contribution is -2.40. The number of hydrazine groups is 1. The maximum Gasteiger partial charge on any atom is 0.122 e. The Morgan fingerprint density at radius 3 is 3.10 bits per heavy atom. The molecule has 21 heavy (non-hydrogen) atoms. The molecule has 0 saturated carbocycles. The van der Waals surface area contributed by atoms with Crippen molar-refractivity contribution < 1.29 is 4.74 Å². The van der Waals surface area contributed by atoms with Gasteiger partial charge in [-0.05, 0) is 25.0 Å². The maximum absolute atomic E-state index is 6.30. The van der Waals surface area contributed by atoms with Gasteiger partial charge in [-0.25, -0.2) is 0 Å². The summed E-state index contributed by atoms with van der Waals surface area (Å²) in [7, 11) is 0. The lowest BCUT2D eigenvalue weighted by molar-refractivity contribution is 0.180. The van der Waals surface area contributed by atoms with Gasteiger partial charge in [0.2, 0.25) is 0 Å². The van der Waals surface area contributed by atoms with E-state index in [0.717, 1.165) is 24.4 Å². The van der Waals surface area contributed by atoms with Crippen LogP contribution < -0.4 is 16.0 Å². The zero-order chi connectivity index (χ0) is 14.8. The molecule has 2 aromatic rings. The topological polar surface area (TPSA) is 65.1 Å². The van der Waals surface area contributed by atoms with E-state index < -0.39 is 0 Å². The fraction of sp³-hybridized carbons (Fsp3) is 0.400. The second-order valence-electron chi connectivity index (χ2n) is 5.22. The van der Waals surface area contributed by atoms with E-state index in [2.05, 4.69) is 16.6 Å². The molecule has 0 amide bonds. The SMILES string of the molecule is CCn1ncc(Cl)c1C(NN)C1COc2ccccc2C1. The zero-order valence-corrected chi connectivity index (χ0v) is 12.7. The number of halogens is 1. The Morgan fingerprint density at radius 2 is 2.33 bits per heavy atom. The number of fused-ring (bicyclic) bond motifs is 1. The van der Waals surface area contributed by atoms with Crippen molar-refractivity contribution >= 4 is 11.6 Å². The Hall–Kier alpha value is -1.56. The Balaban J connectivity index is 1.90. The summed E-state index contributed by atoms with van der Waals surface area (Å²) < 4.78 is 7.74. The highest BCUT2D eigenvalue weighted by Crippen LogP contribution is 2.35. The first-order valence-electron chi connectivity index (χ1n) is 7.12. The smallest absolute Gasteiger partial charge is 0.122 e. The van der Waals surface area contributed by atoms with Crippen LogP contribution in [0, 0.1) is 5.92 Å². The molecule has 0 radical (unpaired) electrons. The lowest BCUT2D eigenvalue weighted by Gasteiger charge is -2.31. The normalized spacial score (nSPS) is 18.9. The first kappa shape index (κ1) is 14.4. The minimum atomic E-state index is -0.0895. The van der Waals surface area contributed by atoms with Gasteiger partial charge in [-0.1, -0.05) is 29.8 Å². The number of nitrogens with zero attached hydrogens (tertiary/aromatic N) is 2. The van der Waals surface area contributed by atoms with Crippen LogP contribution in [0.3, 0.4) is 0 Å². The van der Waals surface area contributed by atoms with Crippen LogP contribution >= 0.6 is 11.6 Å². The van der Waals surface area contributed by atoms with Crippen LogP contribution in [0.15, 0.2) is 30.5 Å². The second kappa shape index (κ2) is 6.05. The van der Waals surface area contributed by atoms with Crippen molar-refractivity contribution in [1.29, 1.82) is 0 Å². The third-order valence-corrected chi connectivity index (χ3v) is 4.28. The van der Waals surface area contributed by atoms with E-state index in [9.17, 15) is 0 Å². The molecular formula is C15H19ClN4O. The van der Waals surface area contributed by atoms with E-state index in [1.54, 1.807) is 6.20 Å². The number of aryl methyl sites for hydroxylation is 1. The fourth-order valence-corrected chi connectivity index (χ4v) is 3.20. The van der Waals surface area contributed by atoms with Gasteiger partial charge in [-0.2, -0.15) is 5.10 Å². The number of hydrogen-bond donors (Lipinski definition) is 2. The summed E-state index contributed by atoms with van der Waals surface area (Å²) in [6.07, 6.45) is 2.57. The predicted octanol–water partition coefficient (Wildman–Crippen LogP) is 2.31. The van der Waals surface area contributed by atoms with E-state index in [4.69, 9.17) is 22.2 Å². The van der Waals surface area contributed by atoms with Gasteiger partial charge in [-0.15, -0.1) is 0 Å². The maximum atomic E-state index is 6.30. The van der Waals surface area contributed by atoms with E-state index in [-0.39, 0.29) is 12.0 Å². The number of rotatable bonds is 4. The van der Waals surface area contributed by atoms with E-state index in [0.29, 0.717) is 11.6 Å². The molecule has 0 spiro atoms. The molecule has 3 rings (SSSR count). The van der Waals surface area contributed by atoms with Crippen LogP contribution in [-0.4, -0.2) is 16.4 Å². The first-order valence-corrected chi connectivity index (χ1v) is 7.50. The molecule has 5 nitrogen and oxygen atoms in total. The summed E-state index contributed by atoms with van der Waals surface area (Å²) in [5.74, 6) is 6.97. The number of nitrogens with one attached hydrogen (secondary N) is 1. The van der Waals surface area contributed by atoms with Crippen molar-refractivity contribution in [2.75, 3.05) is 6.61 Å². The minimum Gasteiger partial charge on any atom is -0.493 e. The molecule has 1 aliphatic heterocycles. The second-order valence-corrected chi connectivity index (χ2v) is 5.63. The summed E-state index contributed by atoms with van der Waals surface area (Å²) in [4.78, 5) is 0.